The zero-order valence-corrected chi connectivity index (χ0v) is 14.6. The molecule has 0 amide bonds. The first-order valence-corrected chi connectivity index (χ1v) is 7.67. The van der Waals surface area contributed by atoms with Crippen molar-refractivity contribution < 1.29 is 25.2 Å². The van der Waals surface area contributed by atoms with Gasteiger partial charge in [0.1, 0.15) is 6.10 Å². The number of carbonyl (C=O) groups is 1. The fourth-order valence-electron chi connectivity index (χ4n) is 1.40. The van der Waals surface area contributed by atoms with Crippen LogP contribution in [0, 0.1) is 0 Å². The molecule has 132 valence electrons. The Balaban J connectivity index is 0.000000443. The van der Waals surface area contributed by atoms with Gasteiger partial charge in [0.25, 0.3) is 5.97 Å². The summed E-state index contributed by atoms with van der Waals surface area (Å²) in [6.45, 7) is 0.354. The van der Waals surface area contributed by atoms with Crippen LogP contribution in [0.3, 0.4) is 0 Å². The van der Waals surface area contributed by atoms with E-state index in [1.165, 1.54) is 0 Å². The van der Waals surface area contributed by atoms with Crippen molar-refractivity contribution in [3.63, 3.8) is 0 Å². The Kier molecular flexibility index (Phi) is 11.9. The third kappa shape index (κ3) is 9.50. The van der Waals surface area contributed by atoms with Gasteiger partial charge in [-0.15, -0.1) is 0 Å². The topological polar surface area (TPSA) is 98.0 Å². The Morgan fingerprint density at radius 3 is 1.92 bits per heavy atom. The van der Waals surface area contributed by atoms with Crippen molar-refractivity contribution in [2.45, 2.75) is 13.0 Å². The molecular weight excluding hydrogens is 355 g/mol. The Bertz CT molecular complexity index is 597. The first-order chi connectivity index (χ1) is 11.3. The van der Waals surface area contributed by atoms with E-state index in [1.807, 2.05) is 42.5 Å². The number of hydrogen-bond donors (Lipinski definition) is 4. The van der Waals surface area contributed by atoms with Crippen molar-refractivity contribution in [2.24, 2.45) is 0 Å². The molecule has 5 nitrogen and oxygen atoms in total. The number of carboxylic acids is 1. The molecule has 24 heavy (non-hydrogen) atoms. The molecule has 0 unspecified atom stereocenters. The summed E-state index contributed by atoms with van der Waals surface area (Å²) >= 11 is 12.0. The molecule has 0 aliphatic carbocycles. The molecule has 0 saturated heterocycles. The van der Waals surface area contributed by atoms with Crippen molar-refractivity contribution in [3.05, 3.63) is 58.6 Å². The smallest absolute Gasteiger partial charge is 0.300 e. The van der Waals surface area contributed by atoms with Crippen LogP contribution in [0.2, 0.25) is 10.0 Å². The van der Waals surface area contributed by atoms with Crippen LogP contribution in [-0.2, 0) is 4.79 Å². The second-order valence-electron chi connectivity index (χ2n) is 4.51. The summed E-state index contributed by atoms with van der Waals surface area (Å²) in [5, 5.41) is 32.6. The monoisotopic (exact) mass is 374 g/mol. The van der Waals surface area contributed by atoms with E-state index in [9.17, 15) is 0 Å². The van der Waals surface area contributed by atoms with E-state index in [1.54, 1.807) is 6.07 Å². The van der Waals surface area contributed by atoms with Gasteiger partial charge >= 0.3 is 0 Å². The first-order valence-electron chi connectivity index (χ1n) is 6.92. The number of halogens is 2. The summed E-state index contributed by atoms with van der Waals surface area (Å²) in [5.74, 6) is -0.833. The third-order valence-corrected chi connectivity index (χ3v) is 3.28. The van der Waals surface area contributed by atoms with Gasteiger partial charge < -0.3 is 20.4 Å². The van der Waals surface area contributed by atoms with E-state index in [0.29, 0.717) is 10.0 Å². The molecule has 0 fully saturated rings. The van der Waals surface area contributed by atoms with Gasteiger partial charge in [-0.3, -0.25) is 4.79 Å². The fraction of sp³-hybridized carbons (Fsp3) is 0.235. The molecule has 0 atom stereocenters. The summed E-state index contributed by atoms with van der Waals surface area (Å²) in [5.41, 5.74) is 2.06. The second kappa shape index (κ2) is 12.8. The maximum absolute atomic E-state index is 9.00. The van der Waals surface area contributed by atoms with Gasteiger partial charge in [-0.2, -0.15) is 0 Å². The summed E-state index contributed by atoms with van der Waals surface area (Å²) in [6.07, 6.45) is -0.954. The van der Waals surface area contributed by atoms with Gasteiger partial charge in [0.2, 0.25) is 0 Å². The lowest BCUT2D eigenvalue weighted by atomic mass is 10.1. The number of aliphatic hydroxyl groups excluding tert-OH is 3. The minimum Gasteiger partial charge on any atom is -0.481 e. The lowest BCUT2D eigenvalue weighted by molar-refractivity contribution is -0.134. The van der Waals surface area contributed by atoms with Crippen LogP contribution in [0.5, 0.6) is 0 Å². The normalized spacial score (nSPS) is 9.46. The lowest BCUT2D eigenvalue weighted by Crippen LogP contribution is -2.15. The van der Waals surface area contributed by atoms with Crippen LogP contribution in [0.15, 0.2) is 48.5 Å². The number of aliphatic hydroxyl groups is 3. The summed E-state index contributed by atoms with van der Waals surface area (Å²) in [4.78, 5) is 9.00. The molecule has 2 aromatic rings. The highest BCUT2D eigenvalue weighted by atomic mass is 35.5. The molecule has 2 aromatic carbocycles. The maximum Gasteiger partial charge on any atom is 0.300 e. The van der Waals surface area contributed by atoms with Crippen LogP contribution >= 0.6 is 23.2 Å². The zero-order valence-electron chi connectivity index (χ0n) is 13.1. The van der Waals surface area contributed by atoms with Crippen molar-refractivity contribution in [3.8, 4) is 11.1 Å². The Morgan fingerprint density at radius 2 is 1.50 bits per heavy atom. The predicted molar refractivity (Wildman–Crippen MR) is 95.4 cm³/mol. The highest BCUT2D eigenvalue weighted by molar-refractivity contribution is 6.43. The summed E-state index contributed by atoms with van der Waals surface area (Å²) < 4.78 is 0. The van der Waals surface area contributed by atoms with Crippen LogP contribution in [-0.4, -0.2) is 45.7 Å². The molecule has 0 aliphatic rings. The van der Waals surface area contributed by atoms with E-state index in [-0.39, 0.29) is 13.2 Å². The van der Waals surface area contributed by atoms with E-state index in [2.05, 4.69) is 0 Å². The van der Waals surface area contributed by atoms with E-state index >= 15 is 0 Å². The van der Waals surface area contributed by atoms with Crippen LogP contribution in [0.1, 0.15) is 6.92 Å². The average Bonchev–Trinajstić information content (AvgIpc) is 2.57. The molecule has 0 aliphatic heterocycles. The molecule has 0 aromatic heterocycles. The molecule has 4 N–H and O–H groups in total. The minimum absolute atomic E-state index is 0.365. The summed E-state index contributed by atoms with van der Waals surface area (Å²) in [7, 11) is 0. The van der Waals surface area contributed by atoms with Gasteiger partial charge in [-0.25, -0.2) is 0 Å². The van der Waals surface area contributed by atoms with Crippen LogP contribution in [0.25, 0.3) is 11.1 Å². The molecule has 2 rings (SSSR count). The number of rotatable bonds is 3. The molecule has 7 heteroatoms. The largest absolute Gasteiger partial charge is 0.481 e. The molecule has 0 bridgehead atoms. The molecule has 0 spiro atoms. The third-order valence-electron chi connectivity index (χ3n) is 2.46. The Labute approximate surface area is 150 Å². The molecule has 0 saturated carbocycles. The lowest BCUT2D eigenvalue weighted by Gasteiger charge is -2.04. The van der Waals surface area contributed by atoms with E-state index in [4.69, 9.17) is 48.4 Å². The van der Waals surface area contributed by atoms with Crippen molar-refractivity contribution in [1.82, 2.24) is 0 Å². The molecule has 0 heterocycles. The average molecular weight is 375 g/mol. The highest BCUT2D eigenvalue weighted by Gasteiger charge is 2.05. The second-order valence-corrected chi connectivity index (χ2v) is 5.29. The highest BCUT2D eigenvalue weighted by Crippen LogP contribution is 2.32. The predicted octanol–water partition coefficient (Wildman–Crippen LogP) is 3.08. The first kappa shape index (κ1) is 22.4. The number of benzene rings is 2. The minimum atomic E-state index is -0.954. The molecular formula is C17H20Cl2O5. The van der Waals surface area contributed by atoms with Crippen molar-refractivity contribution in [1.29, 1.82) is 0 Å². The number of aliphatic carboxylic acids is 1. The number of carboxylic acid groups (broad SMARTS) is 1. The Hall–Kier alpha value is -1.63. The van der Waals surface area contributed by atoms with E-state index in [0.717, 1.165) is 18.1 Å². The summed E-state index contributed by atoms with van der Waals surface area (Å²) in [6, 6.07) is 15.6. The molecule has 0 radical (unpaired) electrons. The maximum atomic E-state index is 9.00. The quantitative estimate of drug-likeness (QED) is 0.661. The van der Waals surface area contributed by atoms with Crippen LogP contribution < -0.4 is 0 Å². The van der Waals surface area contributed by atoms with Gasteiger partial charge in [-0.05, 0) is 11.6 Å². The van der Waals surface area contributed by atoms with E-state index < -0.39 is 12.1 Å². The van der Waals surface area contributed by atoms with Crippen molar-refractivity contribution >= 4 is 29.2 Å². The van der Waals surface area contributed by atoms with Crippen molar-refractivity contribution in [2.75, 3.05) is 13.2 Å². The zero-order chi connectivity index (χ0) is 18.5. The van der Waals surface area contributed by atoms with Crippen LogP contribution in [0.4, 0.5) is 0 Å². The van der Waals surface area contributed by atoms with Gasteiger partial charge in [0, 0.05) is 12.5 Å². The Morgan fingerprint density at radius 1 is 1.00 bits per heavy atom. The van der Waals surface area contributed by atoms with Gasteiger partial charge in [0.15, 0.2) is 0 Å². The fourth-order valence-corrected chi connectivity index (χ4v) is 1.81. The SMILES string of the molecule is CC(=O)O.Clc1cccc(-c2ccccc2)c1Cl.OCC(O)CO. The van der Waals surface area contributed by atoms with Gasteiger partial charge in [-0.1, -0.05) is 65.7 Å². The standard InChI is InChI=1S/C12H8Cl2.C3H8O3.C2H4O2/c13-11-8-4-7-10(12(11)14)9-5-2-1-3-6-9;4-1-3(6)2-5;1-2(3)4/h1-8H;3-6H,1-2H2;1H3,(H,3,4). The van der Waals surface area contributed by atoms with Gasteiger partial charge in [0.05, 0.1) is 23.3 Å². The number of hydrogen-bond acceptors (Lipinski definition) is 4.